The van der Waals surface area contributed by atoms with Crippen LogP contribution in [0.3, 0.4) is 0 Å². The summed E-state index contributed by atoms with van der Waals surface area (Å²) in [6.45, 7) is -0.332. The first-order valence-electron chi connectivity index (χ1n) is 5.14. The number of hydrogen-bond acceptors (Lipinski definition) is 5. The summed E-state index contributed by atoms with van der Waals surface area (Å²) in [5.41, 5.74) is 0. The van der Waals surface area contributed by atoms with Crippen LogP contribution in [0.5, 0.6) is 0 Å². The summed E-state index contributed by atoms with van der Waals surface area (Å²) < 4.78 is 60.9. The predicted molar refractivity (Wildman–Crippen MR) is 61.6 cm³/mol. The van der Waals surface area contributed by atoms with Crippen molar-refractivity contribution in [2.45, 2.75) is 5.03 Å². The molecule has 1 fully saturated rings. The SMILES string of the molecule is O=S1(=O)CCN(S(=O)(=O)c2ncccc2F)CC1. The van der Waals surface area contributed by atoms with Gasteiger partial charge in [-0.15, -0.1) is 0 Å². The molecule has 0 radical (unpaired) electrons. The van der Waals surface area contributed by atoms with Gasteiger partial charge in [0.25, 0.3) is 10.0 Å². The Morgan fingerprint density at radius 1 is 1.28 bits per heavy atom. The fourth-order valence-corrected chi connectivity index (χ4v) is 4.47. The van der Waals surface area contributed by atoms with Gasteiger partial charge in [-0.25, -0.2) is 26.2 Å². The van der Waals surface area contributed by atoms with E-state index in [1.54, 1.807) is 0 Å². The molecule has 9 heteroatoms. The number of nitrogens with zero attached hydrogens (tertiary/aromatic N) is 2. The lowest BCUT2D eigenvalue weighted by atomic mass is 10.5. The van der Waals surface area contributed by atoms with Gasteiger partial charge >= 0.3 is 0 Å². The summed E-state index contributed by atoms with van der Waals surface area (Å²) in [6.07, 6.45) is 1.18. The molecule has 0 N–H and O–H groups in total. The first-order valence-corrected chi connectivity index (χ1v) is 8.40. The van der Waals surface area contributed by atoms with Gasteiger partial charge in [0.15, 0.2) is 15.7 Å². The van der Waals surface area contributed by atoms with Crippen LogP contribution >= 0.6 is 0 Å². The molecule has 0 aliphatic carbocycles. The maximum absolute atomic E-state index is 13.4. The lowest BCUT2D eigenvalue weighted by Crippen LogP contribution is -2.44. The van der Waals surface area contributed by atoms with Crippen molar-refractivity contribution in [3.63, 3.8) is 0 Å². The molecule has 0 amide bonds. The van der Waals surface area contributed by atoms with Gasteiger partial charge in [-0.2, -0.15) is 4.31 Å². The van der Waals surface area contributed by atoms with Crippen molar-refractivity contribution in [2.75, 3.05) is 24.6 Å². The van der Waals surface area contributed by atoms with Crippen LogP contribution < -0.4 is 0 Å². The zero-order valence-electron chi connectivity index (χ0n) is 9.28. The standard InChI is InChI=1S/C9H11FN2O4S2/c10-8-2-1-3-11-9(8)18(15,16)12-4-6-17(13,14)7-5-12/h1-3H,4-7H2. The number of hydrogen-bond donors (Lipinski definition) is 0. The number of sulfonamides is 1. The quantitative estimate of drug-likeness (QED) is 0.743. The molecule has 0 bridgehead atoms. The van der Waals surface area contributed by atoms with Gasteiger partial charge in [0.2, 0.25) is 5.03 Å². The van der Waals surface area contributed by atoms with E-state index in [1.165, 1.54) is 12.3 Å². The van der Waals surface area contributed by atoms with Crippen molar-refractivity contribution in [3.05, 3.63) is 24.1 Å². The Kier molecular flexibility index (Phi) is 3.39. The first-order chi connectivity index (χ1) is 8.33. The van der Waals surface area contributed by atoms with E-state index in [4.69, 9.17) is 0 Å². The number of sulfone groups is 1. The molecule has 1 aliphatic heterocycles. The Morgan fingerprint density at radius 2 is 1.89 bits per heavy atom. The highest BCUT2D eigenvalue weighted by molar-refractivity contribution is 7.92. The van der Waals surface area contributed by atoms with E-state index in [0.29, 0.717) is 0 Å². The molecule has 100 valence electrons. The third-order valence-corrected chi connectivity index (χ3v) is 6.06. The smallest absolute Gasteiger partial charge is 0.241 e. The summed E-state index contributed by atoms with van der Waals surface area (Å²) in [5.74, 6) is -1.44. The van der Waals surface area contributed by atoms with Gasteiger partial charge in [-0.1, -0.05) is 0 Å². The molecule has 0 unspecified atom stereocenters. The highest BCUT2D eigenvalue weighted by Gasteiger charge is 2.33. The number of pyridine rings is 1. The minimum Gasteiger partial charge on any atom is -0.241 e. The van der Waals surface area contributed by atoms with E-state index in [1.807, 2.05) is 0 Å². The molecule has 0 atom stereocenters. The molecular weight excluding hydrogens is 283 g/mol. The van der Waals surface area contributed by atoms with E-state index >= 15 is 0 Å². The fourth-order valence-electron chi connectivity index (χ4n) is 1.62. The van der Waals surface area contributed by atoms with Gasteiger partial charge in [0.05, 0.1) is 11.5 Å². The van der Waals surface area contributed by atoms with Crippen LogP contribution in [0.25, 0.3) is 0 Å². The molecule has 6 nitrogen and oxygen atoms in total. The highest BCUT2D eigenvalue weighted by Crippen LogP contribution is 2.18. The summed E-state index contributed by atoms with van der Waals surface area (Å²) in [5, 5.41) is -0.663. The van der Waals surface area contributed by atoms with Crippen LogP contribution in [0.4, 0.5) is 4.39 Å². The molecule has 2 heterocycles. The minimum absolute atomic E-state index is 0.166. The molecule has 1 aliphatic rings. The molecule has 18 heavy (non-hydrogen) atoms. The lowest BCUT2D eigenvalue weighted by Gasteiger charge is -2.25. The van der Waals surface area contributed by atoms with Crippen LogP contribution in [-0.2, 0) is 19.9 Å². The van der Waals surface area contributed by atoms with Crippen molar-refractivity contribution < 1.29 is 21.2 Å². The zero-order valence-corrected chi connectivity index (χ0v) is 10.9. The van der Waals surface area contributed by atoms with Crippen molar-refractivity contribution in [1.29, 1.82) is 0 Å². The van der Waals surface area contributed by atoms with Gasteiger partial charge in [0.1, 0.15) is 0 Å². The van der Waals surface area contributed by atoms with Gasteiger partial charge in [0, 0.05) is 19.3 Å². The Hall–Kier alpha value is -1.06. The monoisotopic (exact) mass is 294 g/mol. The normalized spacial score (nSPS) is 20.7. The second kappa shape index (κ2) is 4.56. The van der Waals surface area contributed by atoms with Crippen LogP contribution in [-0.4, -0.2) is 50.7 Å². The van der Waals surface area contributed by atoms with E-state index in [-0.39, 0.29) is 24.6 Å². The zero-order chi connectivity index (χ0) is 13.4. The fraction of sp³-hybridized carbons (Fsp3) is 0.444. The van der Waals surface area contributed by atoms with E-state index in [0.717, 1.165) is 10.4 Å². The van der Waals surface area contributed by atoms with Crippen LogP contribution in [0.1, 0.15) is 0 Å². The number of rotatable bonds is 2. The second-order valence-corrected chi connectivity index (χ2v) is 8.00. The topological polar surface area (TPSA) is 84.4 Å². The van der Waals surface area contributed by atoms with Crippen LogP contribution in [0.15, 0.2) is 23.4 Å². The average molecular weight is 294 g/mol. The second-order valence-electron chi connectivity index (χ2n) is 3.85. The first kappa shape index (κ1) is 13.4. The largest absolute Gasteiger partial charge is 0.263 e. The number of halogens is 1. The van der Waals surface area contributed by atoms with Crippen molar-refractivity contribution in [3.8, 4) is 0 Å². The van der Waals surface area contributed by atoms with Crippen LogP contribution in [0, 0.1) is 5.82 Å². The predicted octanol–water partition coefficient (Wildman–Crippen LogP) is -0.360. The van der Waals surface area contributed by atoms with E-state index < -0.39 is 30.7 Å². The molecular formula is C9H11FN2O4S2. The van der Waals surface area contributed by atoms with Crippen LogP contribution in [0.2, 0.25) is 0 Å². The van der Waals surface area contributed by atoms with Gasteiger partial charge in [-0.05, 0) is 12.1 Å². The summed E-state index contributed by atoms with van der Waals surface area (Å²) >= 11 is 0. The van der Waals surface area contributed by atoms with Crippen molar-refractivity contribution >= 4 is 19.9 Å². The average Bonchev–Trinajstić information content (AvgIpc) is 2.28. The highest BCUT2D eigenvalue weighted by atomic mass is 32.2. The molecule has 0 spiro atoms. The number of aromatic nitrogens is 1. The molecule has 0 saturated carbocycles. The molecule has 1 aromatic rings. The van der Waals surface area contributed by atoms with Crippen molar-refractivity contribution in [1.82, 2.24) is 9.29 Å². The third kappa shape index (κ3) is 2.52. The molecule has 1 saturated heterocycles. The maximum Gasteiger partial charge on any atom is 0.263 e. The summed E-state index contributed by atoms with van der Waals surface area (Å²) in [7, 11) is -7.25. The minimum atomic E-state index is -4.06. The Balaban J connectivity index is 2.31. The van der Waals surface area contributed by atoms with E-state index in [2.05, 4.69) is 4.98 Å². The molecule has 2 rings (SSSR count). The Morgan fingerprint density at radius 3 is 2.44 bits per heavy atom. The Labute approximate surface area is 104 Å². The molecule has 0 aromatic carbocycles. The van der Waals surface area contributed by atoms with Gasteiger partial charge < -0.3 is 0 Å². The summed E-state index contributed by atoms with van der Waals surface area (Å²) in [4.78, 5) is 3.51. The van der Waals surface area contributed by atoms with E-state index in [9.17, 15) is 21.2 Å². The Bertz CT molecular complexity index is 643. The third-order valence-electron chi connectivity index (χ3n) is 2.61. The molecule has 1 aromatic heterocycles. The lowest BCUT2D eigenvalue weighted by molar-refractivity contribution is 0.423. The maximum atomic E-state index is 13.4. The van der Waals surface area contributed by atoms with Gasteiger partial charge in [-0.3, -0.25) is 0 Å². The summed E-state index contributed by atoms with van der Waals surface area (Å²) in [6, 6.07) is 2.29. The van der Waals surface area contributed by atoms with Crippen molar-refractivity contribution in [2.24, 2.45) is 0 Å².